The predicted molar refractivity (Wildman–Crippen MR) is 113 cm³/mol. The average molecular weight is 418 g/mol. The van der Waals surface area contributed by atoms with E-state index in [9.17, 15) is 12.8 Å². The fourth-order valence-electron chi connectivity index (χ4n) is 3.01. The Kier molecular flexibility index (Phi) is 6.50. The highest BCUT2D eigenvalue weighted by Crippen LogP contribution is 2.19. The minimum Gasteiger partial charge on any atom is -0.361 e. The standard InChI is InChI=1S/C20H24FN5O2S/c1-2-23-20(26-12-14-4-3-5-17(10-14)29(22,27)28)24-9-8-15-13-25-19-11-16(21)6-7-18(15)19/h3-7,10-11,13,25H,2,8-9,12H2,1H3,(H2,22,27,28)(H2,23,24,26). The van der Waals surface area contributed by atoms with Crippen molar-refractivity contribution in [2.75, 3.05) is 13.1 Å². The van der Waals surface area contributed by atoms with Crippen LogP contribution in [-0.2, 0) is 23.0 Å². The molecule has 0 bridgehead atoms. The van der Waals surface area contributed by atoms with E-state index in [1.54, 1.807) is 18.2 Å². The highest BCUT2D eigenvalue weighted by molar-refractivity contribution is 7.89. The molecule has 0 spiro atoms. The Hall–Kier alpha value is -2.91. The second kappa shape index (κ2) is 9.06. The first kappa shape index (κ1) is 20.8. The maximum absolute atomic E-state index is 13.3. The molecule has 0 unspecified atom stereocenters. The molecule has 2 aromatic carbocycles. The van der Waals surface area contributed by atoms with Gasteiger partial charge in [-0.05, 0) is 54.8 Å². The van der Waals surface area contributed by atoms with Gasteiger partial charge in [-0.25, -0.2) is 22.9 Å². The third-order valence-electron chi connectivity index (χ3n) is 4.41. The van der Waals surface area contributed by atoms with Gasteiger partial charge in [0, 0.05) is 30.2 Å². The molecular formula is C20H24FN5O2S. The van der Waals surface area contributed by atoms with E-state index in [0.717, 1.165) is 28.5 Å². The highest BCUT2D eigenvalue weighted by Gasteiger charge is 2.08. The summed E-state index contributed by atoms with van der Waals surface area (Å²) in [5, 5.41) is 12.6. The van der Waals surface area contributed by atoms with Gasteiger partial charge in [-0.3, -0.25) is 0 Å². The van der Waals surface area contributed by atoms with Crippen molar-refractivity contribution in [3.8, 4) is 0 Å². The lowest BCUT2D eigenvalue weighted by Gasteiger charge is -2.11. The molecule has 0 aliphatic heterocycles. The van der Waals surface area contributed by atoms with Crippen LogP contribution in [0, 0.1) is 5.82 Å². The number of H-pyrrole nitrogens is 1. The third kappa shape index (κ3) is 5.55. The Balaban J connectivity index is 1.63. The largest absolute Gasteiger partial charge is 0.361 e. The van der Waals surface area contributed by atoms with Crippen LogP contribution >= 0.6 is 0 Å². The third-order valence-corrected chi connectivity index (χ3v) is 5.32. The Morgan fingerprint density at radius 3 is 2.79 bits per heavy atom. The molecule has 1 heterocycles. The zero-order valence-corrected chi connectivity index (χ0v) is 16.9. The molecule has 154 valence electrons. The van der Waals surface area contributed by atoms with Crippen LogP contribution in [0.1, 0.15) is 18.1 Å². The lowest BCUT2D eigenvalue weighted by atomic mass is 10.1. The van der Waals surface area contributed by atoms with E-state index in [1.165, 1.54) is 24.3 Å². The summed E-state index contributed by atoms with van der Waals surface area (Å²) in [6.45, 7) is 3.60. The second-order valence-electron chi connectivity index (χ2n) is 6.57. The molecule has 3 aromatic rings. The Bertz CT molecular complexity index is 1120. The number of primary sulfonamides is 1. The summed E-state index contributed by atoms with van der Waals surface area (Å²) in [5.41, 5.74) is 2.60. The Morgan fingerprint density at radius 2 is 2.03 bits per heavy atom. The van der Waals surface area contributed by atoms with E-state index >= 15 is 0 Å². The van der Waals surface area contributed by atoms with Crippen molar-refractivity contribution in [3.05, 3.63) is 65.6 Å². The van der Waals surface area contributed by atoms with Gasteiger partial charge >= 0.3 is 0 Å². The first-order valence-electron chi connectivity index (χ1n) is 9.26. The second-order valence-corrected chi connectivity index (χ2v) is 8.13. The number of aromatic nitrogens is 1. The number of nitrogens with one attached hydrogen (secondary N) is 3. The quantitative estimate of drug-likeness (QED) is 0.349. The van der Waals surface area contributed by atoms with Gasteiger partial charge < -0.3 is 15.6 Å². The van der Waals surface area contributed by atoms with Crippen LogP contribution in [0.25, 0.3) is 10.9 Å². The molecule has 3 rings (SSSR count). The number of fused-ring (bicyclic) bond motifs is 1. The predicted octanol–water partition coefficient (Wildman–Crippen LogP) is 2.25. The number of nitrogens with zero attached hydrogens (tertiary/aromatic N) is 1. The molecule has 0 saturated carbocycles. The van der Waals surface area contributed by atoms with Crippen LogP contribution in [0.5, 0.6) is 0 Å². The normalized spacial score (nSPS) is 12.3. The lowest BCUT2D eigenvalue weighted by Crippen LogP contribution is -2.38. The first-order valence-corrected chi connectivity index (χ1v) is 10.8. The molecule has 0 atom stereocenters. The Labute approximate surface area is 169 Å². The summed E-state index contributed by atoms with van der Waals surface area (Å²) in [5.74, 6) is 0.358. The molecule has 0 radical (unpaired) electrons. The molecule has 9 heteroatoms. The number of sulfonamides is 1. The first-order chi connectivity index (χ1) is 13.9. The molecule has 0 saturated heterocycles. The molecule has 0 aliphatic rings. The van der Waals surface area contributed by atoms with E-state index in [0.29, 0.717) is 25.6 Å². The minimum atomic E-state index is -3.74. The van der Waals surface area contributed by atoms with Crippen molar-refractivity contribution in [1.82, 2.24) is 15.6 Å². The molecule has 5 N–H and O–H groups in total. The van der Waals surface area contributed by atoms with Crippen LogP contribution in [0.2, 0.25) is 0 Å². The number of halogens is 1. The number of benzene rings is 2. The van der Waals surface area contributed by atoms with E-state index in [2.05, 4.69) is 20.6 Å². The smallest absolute Gasteiger partial charge is 0.238 e. The molecular weight excluding hydrogens is 393 g/mol. The summed E-state index contributed by atoms with van der Waals surface area (Å²) in [6.07, 6.45) is 2.62. The van der Waals surface area contributed by atoms with Crippen molar-refractivity contribution < 1.29 is 12.8 Å². The lowest BCUT2D eigenvalue weighted by molar-refractivity contribution is 0.597. The summed E-state index contributed by atoms with van der Waals surface area (Å²) in [6, 6.07) is 11.1. The fraction of sp³-hybridized carbons (Fsp3) is 0.250. The molecule has 7 nitrogen and oxygen atoms in total. The number of rotatable bonds is 7. The SMILES string of the molecule is CCNC(=NCc1cccc(S(N)(=O)=O)c1)NCCc1c[nH]c2cc(F)ccc12. The molecule has 0 aliphatic carbocycles. The van der Waals surface area contributed by atoms with Crippen LogP contribution < -0.4 is 15.8 Å². The van der Waals surface area contributed by atoms with Crippen molar-refractivity contribution in [1.29, 1.82) is 0 Å². The fourth-order valence-corrected chi connectivity index (χ4v) is 3.60. The minimum absolute atomic E-state index is 0.0685. The van der Waals surface area contributed by atoms with Gasteiger partial charge in [0.1, 0.15) is 5.82 Å². The monoisotopic (exact) mass is 417 g/mol. The molecule has 0 fully saturated rings. The average Bonchev–Trinajstić information content (AvgIpc) is 3.07. The van der Waals surface area contributed by atoms with Crippen molar-refractivity contribution in [2.45, 2.75) is 24.8 Å². The number of hydrogen-bond donors (Lipinski definition) is 4. The van der Waals surface area contributed by atoms with Gasteiger partial charge in [-0.15, -0.1) is 0 Å². The molecule has 29 heavy (non-hydrogen) atoms. The van der Waals surface area contributed by atoms with Crippen molar-refractivity contribution in [2.24, 2.45) is 10.1 Å². The van der Waals surface area contributed by atoms with Gasteiger partial charge in [-0.1, -0.05) is 12.1 Å². The van der Waals surface area contributed by atoms with Gasteiger partial charge in [0.05, 0.1) is 11.4 Å². The number of nitrogens with two attached hydrogens (primary N) is 1. The van der Waals surface area contributed by atoms with Gasteiger partial charge in [-0.2, -0.15) is 0 Å². The molecule has 0 amide bonds. The molecule has 1 aromatic heterocycles. The number of guanidine groups is 1. The number of aliphatic imine (C=N–C) groups is 1. The van der Waals surface area contributed by atoms with Crippen LogP contribution in [0.4, 0.5) is 4.39 Å². The summed E-state index contributed by atoms with van der Waals surface area (Å²) < 4.78 is 36.3. The van der Waals surface area contributed by atoms with E-state index < -0.39 is 10.0 Å². The maximum Gasteiger partial charge on any atom is 0.238 e. The summed E-state index contributed by atoms with van der Waals surface area (Å²) >= 11 is 0. The number of hydrogen-bond acceptors (Lipinski definition) is 3. The van der Waals surface area contributed by atoms with Crippen molar-refractivity contribution >= 4 is 26.9 Å². The maximum atomic E-state index is 13.3. The van der Waals surface area contributed by atoms with Gasteiger partial charge in [0.15, 0.2) is 5.96 Å². The highest BCUT2D eigenvalue weighted by atomic mass is 32.2. The van der Waals surface area contributed by atoms with Gasteiger partial charge in [0.25, 0.3) is 0 Å². The van der Waals surface area contributed by atoms with Crippen LogP contribution in [-0.4, -0.2) is 32.5 Å². The van der Waals surface area contributed by atoms with E-state index in [4.69, 9.17) is 5.14 Å². The van der Waals surface area contributed by atoms with E-state index in [1.807, 2.05) is 13.1 Å². The van der Waals surface area contributed by atoms with Gasteiger partial charge in [0.2, 0.25) is 10.0 Å². The zero-order chi connectivity index (χ0) is 20.9. The summed E-state index contributed by atoms with van der Waals surface area (Å²) in [7, 11) is -3.74. The topological polar surface area (TPSA) is 112 Å². The number of aromatic amines is 1. The zero-order valence-electron chi connectivity index (χ0n) is 16.1. The van der Waals surface area contributed by atoms with E-state index in [-0.39, 0.29) is 10.7 Å². The Morgan fingerprint density at radius 1 is 1.21 bits per heavy atom. The summed E-state index contributed by atoms with van der Waals surface area (Å²) in [4.78, 5) is 7.65. The van der Waals surface area contributed by atoms with Crippen molar-refractivity contribution in [3.63, 3.8) is 0 Å². The van der Waals surface area contributed by atoms with Crippen LogP contribution in [0.3, 0.4) is 0 Å². The van der Waals surface area contributed by atoms with Crippen LogP contribution in [0.15, 0.2) is 58.5 Å².